The Morgan fingerprint density at radius 2 is 1.89 bits per heavy atom. The van der Waals surface area contributed by atoms with E-state index in [1.165, 1.54) is 36.4 Å². The van der Waals surface area contributed by atoms with Gasteiger partial charge in [0, 0.05) is 27.7 Å². The van der Waals surface area contributed by atoms with E-state index in [4.69, 9.17) is 23.2 Å². The van der Waals surface area contributed by atoms with Gasteiger partial charge in [0.2, 0.25) is 0 Å². The van der Waals surface area contributed by atoms with Gasteiger partial charge in [-0.05, 0) is 41.6 Å². The number of thioether (sulfide) groups is 1. The predicted octanol–water partition coefficient (Wildman–Crippen LogP) is 5.28. The van der Waals surface area contributed by atoms with Gasteiger partial charge in [-0.2, -0.15) is 0 Å². The fraction of sp³-hybridized carbons (Fsp3) is 0.0588. The number of nitro groups is 1. The topological polar surface area (TPSA) is 80.5 Å². The van der Waals surface area contributed by atoms with Crippen LogP contribution in [0.5, 0.6) is 0 Å². The number of nitro benzene ring substituents is 1. The number of imide groups is 1. The van der Waals surface area contributed by atoms with Crippen molar-refractivity contribution in [2.24, 2.45) is 0 Å². The number of carbonyl (C=O) groups excluding carboxylic acids is 2. The fourth-order valence-electron chi connectivity index (χ4n) is 2.35. The lowest BCUT2D eigenvalue weighted by molar-refractivity contribution is -0.384. The monoisotopic (exact) mass is 426 g/mol. The lowest BCUT2D eigenvalue weighted by Crippen LogP contribution is -2.27. The average Bonchev–Trinajstić information content (AvgIpc) is 2.86. The Hall–Kier alpha value is -2.42. The van der Waals surface area contributed by atoms with E-state index in [0.717, 1.165) is 11.0 Å². The van der Waals surface area contributed by atoms with Crippen LogP contribution in [0.4, 0.5) is 14.9 Å². The molecule has 0 atom stereocenters. The third-order valence-corrected chi connectivity index (χ3v) is 5.30. The van der Waals surface area contributed by atoms with Gasteiger partial charge in [0.1, 0.15) is 5.82 Å². The third-order valence-electron chi connectivity index (χ3n) is 3.69. The minimum Gasteiger partial charge on any atom is -0.268 e. The van der Waals surface area contributed by atoms with Crippen LogP contribution in [-0.4, -0.2) is 21.0 Å². The van der Waals surface area contributed by atoms with Crippen molar-refractivity contribution in [3.05, 3.63) is 78.4 Å². The van der Waals surface area contributed by atoms with Crippen molar-refractivity contribution in [3.63, 3.8) is 0 Å². The first kappa shape index (κ1) is 19.3. The zero-order valence-electron chi connectivity index (χ0n) is 13.3. The van der Waals surface area contributed by atoms with E-state index in [-0.39, 0.29) is 32.7 Å². The molecule has 0 unspecified atom stereocenters. The summed E-state index contributed by atoms with van der Waals surface area (Å²) in [5, 5.41) is 10.7. The highest BCUT2D eigenvalue weighted by atomic mass is 35.5. The minimum atomic E-state index is -0.590. The van der Waals surface area contributed by atoms with Gasteiger partial charge in [0.05, 0.1) is 16.4 Å². The normalized spacial score (nSPS) is 15.7. The summed E-state index contributed by atoms with van der Waals surface area (Å²) < 4.78 is 13.1. The number of carbonyl (C=O) groups is 2. The van der Waals surface area contributed by atoms with Crippen LogP contribution in [0.15, 0.2) is 41.3 Å². The van der Waals surface area contributed by atoms with Gasteiger partial charge in [-0.15, -0.1) is 0 Å². The Labute approximate surface area is 166 Å². The number of benzene rings is 2. The molecule has 0 aliphatic carbocycles. The quantitative estimate of drug-likeness (QED) is 0.377. The SMILES string of the molecule is O=C1S/C(=C\c2cc([N+](=O)[O-])ccc2Cl)C(=O)N1Cc1ccc(F)cc1Cl. The minimum absolute atomic E-state index is 0.0700. The summed E-state index contributed by atoms with van der Waals surface area (Å²) in [4.78, 5) is 36.1. The lowest BCUT2D eigenvalue weighted by atomic mass is 10.1. The largest absolute Gasteiger partial charge is 0.293 e. The second-order valence-corrected chi connectivity index (χ2v) is 7.27. The molecule has 2 aromatic rings. The molecule has 0 N–H and O–H groups in total. The van der Waals surface area contributed by atoms with Crippen LogP contribution in [0.1, 0.15) is 11.1 Å². The number of hydrogen-bond acceptors (Lipinski definition) is 5. The molecule has 0 bridgehead atoms. The number of non-ortho nitro benzene ring substituents is 1. The molecule has 3 rings (SSSR count). The number of nitrogens with zero attached hydrogens (tertiary/aromatic N) is 2. The van der Waals surface area contributed by atoms with Gasteiger partial charge in [-0.1, -0.05) is 29.3 Å². The molecule has 6 nitrogen and oxygen atoms in total. The van der Waals surface area contributed by atoms with E-state index in [1.54, 1.807) is 0 Å². The second kappa shape index (κ2) is 7.67. The molecule has 1 heterocycles. The van der Waals surface area contributed by atoms with Crippen molar-refractivity contribution in [3.8, 4) is 0 Å². The van der Waals surface area contributed by atoms with E-state index >= 15 is 0 Å². The summed E-state index contributed by atoms with van der Waals surface area (Å²) in [6.07, 6.45) is 1.33. The Morgan fingerprint density at radius 1 is 1.15 bits per heavy atom. The molecule has 1 fully saturated rings. The van der Waals surface area contributed by atoms with E-state index in [2.05, 4.69) is 0 Å². The van der Waals surface area contributed by atoms with Gasteiger partial charge in [0.15, 0.2) is 0 Å². The van der Waals surface area contributed by atoms with Gasteiger partial charge in [-0.3, -0.25) is 24.6 Å². The Morgan fingerprint density at radius 3 is 2.56 bits per heavy atom. The van der Waals surface area contributed by atoms with Crippen molar-refractivity contribution >= 4 is 57.9 Å². The molecule has 0 aromatic heterocycles. The van der Waals surface area contributed by atoms with Crippen molar-refractivity contribution in [1.82, 2.24) is 4.90 Å². The van der Waals surface area contributed by atoms with Crippen molar-refractivity contribution in [1.29, 1.82) is 0 Å². The van der Waals surface area contributed by atoms with Crippen LogP contribution in [0.25, 0.3) is 6.08 Å². The zero-order valence-corrected chi connectivity index (χ0v) is 15.6. The van der Waals surface area contributed by atoms with Crippen LogP contribution >= 0.6 is 35.0 Å². The molecule has 27 heavy (non-hydrogen) atoms. The molecule has 10 heteroatoms. The third kappa shape index (κ3) is 4.13. The maximum atomic E-state index is 13.1. The zero-order chi connectivity index (χ0) is 19.7. The van der Waals surface area contributed by atoms with Crippen molar-refractivity contribution in [2.75, 3.05) is 0 Å². The molecule has 2 amide bonds. The van der Waals surface area contributed by atoms with Gasteiger partial charge >= 0.3 is 0 Å². The Balaban J connectivity index is 1.89. The maximum absolute atomic E-state index is 13.1. The van der Waals surface area contributed by atoms with Crippen molar-refractivity contribution in [2.45, 2.75) is 6.54 Å². The summed E-state index contributed by atoms with van der Waals surface area (Å²) >= 11 is 12.7. The molecule has 0 saturated carbocycles. The van der Waals surface area contributed by atoms with Gasteiger partial charge in [0.25, 0.3) is 16.8 Å². The van der Waals surface area contributed by atoms with Gasteiger partial charge < -0.3 is 0 Å². The highest BCUT2D eigenvalue weighted by molar-refractivity contribution is 8.18. The highest BCUT2D eigenvalue weighted by Gasteiger charge is 2.35. The predicted molar refractivity (Wildman–Crippen MR) is 101 cm³/mol. The highest BCUT2D eigenvalue weighted by Crippen LogP contribution is 2.35. The van der Waals surface area contributed by atoms with Crippen LogP contribution in [-0.2, 0) is 11.3 Å². The average molecular weight is 427 g/mol. The molecule has 0 radical (unpaired) electrons. The summed E-state index contributed by atoms with van der Waals surface area (Å²) in [6.45, 7) is -0.121. The Bertz CT molecular complexity index is 1010. The molecule has 1 saturated heterocycles. The number of halogens is 3. The lowest BCUT2D eigenvalue weighted by Gasteiger charge is -2.13. The smallest absolute Gasteiger partial charge is 0.268 e. The fourth-order valence-corrected chi connectivity index (χ4v) is 3.58. The van der Waals surface area contributed by atoms with Crippen molar-refractivity contribution < 1.29 is 18.9 Å². The summed E-state index contributed by atoms with van der Waals surface area (Å²) in [6, 6.07) is 7.46. The molecule has 1 aliphatic rings. The summed E-state index contributed by atoms with van der Waals surface area (Å²) in [5.74, 6) is -1.12. The van der Waals surface area contributed by atoms with Crippen LogP contribution in [0.2, 0.25) is 10.0 Å². The maximum Gasteiger partial charge on any atom is 0.293 e. The van der Waals surface area contributed by atoms with Crippen LogP contribution < -0.4 is 0 Å². The molecular formula is C17H9Cl2FN2O4S. The molecular weight excluding hydrogens is 418 g/mol. The number of hydrogen-bond donors (Lipinski definition) is 0. The molecule has 0 spiro atoms. The van der Waals surface area contributed by atoms with E-state index < -0.39 is 21.9 Å². The second-order valence-electron chi connectivity index (χ2n) is 5.47. The van der Waals surface area contributed by atoms with Crippen LogP contribution in [0, 0.1) is 15.9 Å². The van der Waals surface area contributed by atoms with E-state index in [0.29, 0.717) is 17.3 Å². The number of amides is 2. The first-order valence-electron chi connectivity index (χ1n) is 7.39. The Kier molecular flexibility index (Phi) is 5.50. The first-order valence-corrected chi connectivity index (χ1v) is 8.97. The summed E-state index contributed by atoms with van der Waals surface area (Å²) in [7, 11) is 0. The molecule has 2 aromatic carbocycles. The van der Waals surface area contributed by atoms with E-state index in [9.17, 15) is 24.1 Å². The first-order chi connectivity index (χ1) is 12.8. The van der Waals surface area contributed by atoms with E-state index in [1.807, 2.05) is 0 Å². The number of rotatable bonds is 4. The molecule has 1 aliphatic heterocycles. The van der Waals surface area contributed by atoms with Gasteiger partial charge in [-0.25, -0.2) is 4.39 Å². The standard InChI is InChI=1S/C17H9Cl2FN2O4S/c18-13-4-3-12(22(25)26)5-10(13)6-15-16(23)21(17(24)27-15)8-9-1-2-11(20)7-14(9)19/h1-7H,8H2/b15-6-. The van der Waals surface area contributed by atoms with Crippen LogP contribution in [0.3, 0.4) is 0 Å². The summed E-state index contributed by atoms with van der Waals surface area (Å²) in [5.41, 5.74) is 0.467. The molecule has 138 valence electrons.